The number of benzene rings is 1. The van der Waals surface area contributed by atoms with Gasteiger partial charge in [-0.05, 0) is 62.6 Å². The summed E-state index contributed by atoms with van der Waals surface area (Å²) in [6, 6.07) is 6.99. The third kappa shape index (κ3) is 3.08. The highest BCUT2D eigenvalue weighted by atomic mass is 19.1. The van der Waals surface area contributed by atoms with Crippen molar-refractivity contribution >= 4 is 5.91 Å². The number of halogens is 1. The summed E-state index contributed by atoms with van der Waals surface area (Å²) >= 11 is 0. The van der Waals surface area contributed by atoms with Gasteiger partial charge in [0.25, 0.3) is 5.91 Å². The van der Waals surface area contributed by atoms with E-state index in [1.807, 2.05) is 29.7 Å². The number of aryl methyl sites for hydroxylation is 1. The van der Waals surface area contributed by atoms with Crippen LogP contribution in [-0.4, -0.2) is 27.6 Å². The van der Waals surface area contributed by atoms with E-state index in [4.69, 9.17) is 0 Å². The molecule has 1 heterocycles. The van der Waals surface area contributed by atoms with Crippen LogP contribution in [0.5, 0.6) is 0 Å². The van der Waals surface area contributed by atoms with Gasteiger partial charge >= 0.3 is 0 Å². The molecule has 4 nitrogen and oxygen atoms in total. The molecule has 0 aliphatic heterocycles. The Hall–Kier alpha value is -2.17. The Labute approximate surface area is 147 Å². The van der Waals surface area contributed by atoms with Crippen molar-refractivity contribution in [2.24, 2.45) is 5.92 Å². The lowest BCUT2D eigenvalue weighted by Crippen LogP contribution is -2.32. The van der Waals surface area contributed by atoms with E-state index in [0.29, 0.717) is 17.5 Å². The Bertz CT molecular complexity index is 775. The van der Waals surface area contributed by atoms with Crippen LogP contribution < -0.4 is 0 Å². The van der Waals surface area contributed by atoms with Crippen molar-refractivity contribution in [1.82, 2.24) is 14.7 Å². The molecule has 1 aromatic heterocycles. The largest absolute Gasteiger partial charge is 0.334 e. The molecule has 1 aromatic carbocycles. The number of aromatic nitrogens is 2. The minimum absolute atomic E-state index is 0.000414. The molecule has 4 rings (SSSR count). The maximum atomic E-state index is 13.3. The zero-order chi connectivity index (χ0) is 17.6. The number of amides is 1. The van der Waals surface area contributed by atoms with E-state index in [1.165, 1.54) is 18.6 Å². The molecule has 1 amide bonds. The third-order valence-corrected chi connectivity index (χ3v) is 5.61. The Kier molecular flexibility index (Phi) is 4.10. The van der Waals surface area contributed by atoms with Gasteiger partial charge in [0.1, 0.15) is 5.82 Å². The maximum absolute atomic E-state index is 13.3. The second kappa shape index (κ2) is 6.28. The molecular formula is C20H24FN3O. The third-order valence-electron chi connectivity index (χ3n) is 5.61. The van der Waals surface area contributed by atoms with Crippen molar-refractivity contribution in [3.8, 4) is 0 Å². The van der Waals surface area contributed by atoms with Crippen LogP contribution in [0.2, 0.25) is 0 Å². The van der Waals surface area contributed by atoms with E-state index in [9.17, 15) is 9.18 Å². The molecule has 0 radical (unpaired) electrons. The summed E-state index contributed by atoms with van der Waals surface area (Å²) in [7, 11) is 1.86. The average molecular weight is 341 g/mol. The maximum Gasteiger partial charge on any atom is 0.257 e. The first-order valence-corrected chi connectivity index (χ1v) is 9.13. The van der Waals surface area contributed by atoms with Gasteiger partial charge in [0.2, 0.25) is 0 Å². The molecule has 0 spiro atoms. The number of carbonyl (C=O) groups is 1. The molecule has 1 atom stereocenters. The number of carbonyl (C=O) groups excluding carboxylic acids is 1. The average Bonchev–Trinajstić information content (AvgIpc) is 3.30. The van der Waals surface area contributed by atoms with Crippen LogP contribution in [0, 0.1) is 18.7 Å². The Balaban J connectivity index is 1.59. The van der Waals surface area contributed by atoms with Gasteiger partial charge in [-0.3, -0.25) is 9.48 Å². The fourth-order valence-corrected chi connectivity index (χ4v) is 3.73. The topological polar surface area (TPSA) is 38.1 Å². The molecule has 2 aromatic rings. The van der Waals surface area contributed by atoms with Crippen LogP contribution in [0.15, 0.2) is 30.5 Å². The standard InChI is InChI=1S/C20H24FN3O/c1-13-18(12-24(22-13)17-4-3-5-17)20(25)23(2)19(14-6-7-14)15-8-10-16(21)11-9-15/h8-12,14,17,19H,3-7H2,1-2H3. The van der Waals surface area contributed by atoms with Crippen molar-refractivity contribution in [2.45, 2.75) is 51.1 Å². The van der Waals surface area contributed by atoms with Gasteiger partial charge < -0.3 is 4.90 Å². The van der Waals surface area contributed by atoms with E-state index in [-0.39, 0.29) is 17.8 Å². The van der Waals surface area contributed by atoms with Crippen LogP contribution >= 0.6 is 0 Å². The van der Waals surface area contributed by atoms with Gasteiger partial charge in [-0.1, -0.05) is 12.1 Å². The quantitative estimate of drug-likeness (QED) is 0.814. The Morgan fingerprint density at radius 2 is 1.92 bits per heavy atom. The number of rotatable bonds is 5. The molecule has 0 saturated heterocycles. The SMILES string of the molecule is Cc1nn(C2CCC2)cc1C(=O)N(C)C(c1ccc(F)cc1)C1CC1. The predicted octanol–water partition coefficient (Wildman–Crippen LogP) is 4.28. The monoisotopic (exact) mass is 341 g/mol. The number of hydrogen-bond acceptors (Lipinski definition) is 2. The summed E-state index contributed by atoms with van der Waals surface area (Å²) in [5, 5.41) is 4.56. The molecule has 2 aliphatic carbocycles. The van der Waals surface area contributed by atoms with Crippen molar-refractivity contribution < 1.29 is 9.18 Å². The highest BCUT2D eigenvalue weighted by Crippen LogP contribution is 2.44. The fourth-order valence-electron chi connectivity index (χ4n) is 3.73. The zero-order valence-corrected chi connectivity index (χ0v) is 14.8. The van der Waals surface area contributed by atoms with Gasteiger partial charge in [0, 0.05) is 13.2 Å². The van der Waals surface area contributed by atoms with Crippen molar-refractivity contribution in [3.63, 3.8) is 0 Å². The molecular weight excluding hydrogens is 317 g/mol. The first-order chi connectivity index (χ1) is 12.0. The number of nitrogens with zero attached hydrogens (tertiary/aromatic N) is 3. The lowest BCUT2D eigenvalue weighted by atomic mass is 9.93. The summed E-state index contributed by atoms with van der Waals surface area (Å²) in [6.07, 6.45) is 7.66. The second-order valence-electron chi connectivity index (χ2n) is 7.44. The summed E-state index contributed by atoms with van der Waals surface area (Å²) in [6.45, 7) is 1.90. The van der Waals surface area contributed by atoms with Crippen molar-refractivity contribution in [1.29, 1.82) is 0 Å². The normalized spacial score (nSPS) is 18.7. The summed E-state index contributed by atoms with van der Waals surface area (Å²) < 4.78 is 15.2. The first kappa shape index (κ1) is 16.3. The molecule has 2 fully saturated rings. The minimum atomic E-state index is -0.245. The van der Waals surface area contributed by atoms with Crippen molar-refractivity contribution in [3.05, 3.63) is 53.1 Å². The highest BCUT2D eigenvalue weighted by Gasteiger charge is 2.38. The van der Waals surface area contributed by atoms with Gasteiger partial charge in [-0.15, -0.1) is 0 Å². The van der Waals surface area contributed by atoms with E-state index < -0.39 is 0 Å². The van der Waals surface area contributed by atoms with Crippen LogP contribution in [0.3, 0.4) is 0 Å². The predicted molar refractivity (Wildman–Crippen MR) is 93.8 cm³/mol. The Morgan fingerprint density at radius 3 is 2.48 bits per heavy atom. The van der Waals surface area contributed by atoms with E-state index in [0.717, 1.165) is 36.9 Å². The fraction of sp³-hybridized carbons (Fsp3) is 0.500. The smallest absolute Gasteiger partial charge is 0.257 e. The minimum Gasteiger partial charge on any atom is -0.334 e. The number of hydrogen-bond donors (Lipinski definition) is 0. The molecule has 1 unspecified atom stereocenters. The molecule has 0 bridgehead atoms. The van der Waals surface area contributed by atoms with Gasteiger partial charge in [0.15, 0.2) is 0 Å². The molecule has 2 aliphatic rings. The van der Waals surface area contributed by atoms with E-state index >= 15 is 0 Å². The zero-order valence-electron chi connectivity index (χ0n) is 14.8. The van der Waals surface area contributed by atoms with E-state index in [2.05, 4.69) is 5.10 Å². The lowest BCUT2D eigenvalue weighted by molar-refractivity contribution is 0.0710. The van der Waals surface area contributed by atoms with Crippen LogP contribution in [0.1, 0.15) is 65.8 Å². The van der Waals surface area contributed by atoms with Crippen LogP contribution in [0.25, 0.3) is 0 Å². The molecule has 5 heteroatoms. The highest BCUT2D eigenvalue weighted by molar-refractivity contribution is 5.95. The van der Waals surface area contributed by atoms with Gasteiger partial charge in [-0.2, -0.15) is 5.10 Å². The van der Waals surface area contributed by atoms with E-state index in [1.54, 1.807) is 12.1 Å². The second-order valence-corrected chi connectivity index (χ2v) is 7.44. The molecule has 0 N–H and O–H groups in total. The van der Waals surface area contributed by atoms with Crippen molar-refractivity contribution in [2.75, 3.05) is 7.05 Å². The van der Waals surface area contributed by atoms with Crippen LogP contribution in [0.4, 0.5) is 4.39 Å². The lowest BCUT2D eigenvalue weighted by Gasteiger charge is -2.29. The van der Waals surface area contributed by atoms with Crippen LogP contribution in [-0.2, 0) is 0 Å². The summed E-state index contributed by atoms with van der Waals surface area (Å²) in [5.41, 5.74) is 2.48. The molecule has 25 heavy (non-hydrogen) atoms. The summed E-state index contributed by atoms with van der Waals surface area (Å²) in [4.78, 5) is 14.9. The molecule has 2 saturated carbocycles. The Morgan fingerprint density at radius 1 is 1.24 bits per heavy atom. The molecule has 132 valence electrons. The van der Waals surface area contributed by atoms with Gasteiger partial charge in [0.05, 0.1) is 23.3 Å². The summed E-state index contributed by atoms with van der Waals surface area (Å²) in [5.74, 6) is 0.218. The van der Waals surface area contributed by atoms with Gasteiger partial charge in [-0.25, -0.2) is 4.39 Å². The first-order valence-electron chi connectivity index (χ1n) is 9.13.